The lowest BCUT2D eigenvalue weighted by Crippen LogP contribution is -2.07. The van der Waals surface area contributed by atoms with E-state index in [2.05, 4.69) is 84.9 Å². The van der Waals surface area contributed by atoms with E-state index < -0.39 is 0 Å². The maximum absolute atomic E-state index is 12.6. The van der Waals surface area contributed by atoms with Crippen LogP contribution in [0.1, 0.15) is 79.1 Å². The van der Waals surface area contributed by atoms with E-state index in [1.54, 1.807) is 13.8 Å². The van der Waals surface area contributed by atoms with Crippen molar-refractivity contribution in [3.63, 3.8) is 0 Å². The molecule has 0 saturated heterocycles. The first-order chi connectivity index (χ1) is 18.5. The molecule has 4 aliphatic carbocycles. The lowest BCUT2D eigenvalue weighted by molar-refractivity contribution is 0.100. The summed E-state index contributed by atoms with van der Waals surface area (Å²) in [5.74, 6) is 0.281. The van der Waals surface area contributed by atoms with Crippen LogP contribution in [0.3, 0.4) is 0 Å². The summed E-state index contributed by atoms with van der Waals surface area (Å²) in [6.45, 7) is 3.37. The van der Waals surface area contributed by atoms with Crippen LogP contribution in [0, 0.1) is 0 Å². The topological polar surface area (TPSA) is 34.1 Å². The van der Waals surface area contributed by atoms with Crippen LogP contribution < -0.4 is 0 Å². The molecule has 2 heteroatoms. The van der Waals surface area contributed by atoms with E-state index in [1.807, 2.05) is 0 Å². The highest BCUT2D eigenvalue weighted by Gasteiger charge is 2.14. The Kier molecular flexibility index (Phi) is 7.98. The van der Waals surface area contributed by atoms with Crippen molar-refractivity contribution in [1.82, 2.24) is 0 Å². The van der Waals surface area contributed by atoms with Crippen molar-refractivity contribution in [2.45, 2.75) is 65.2 Å². The van der Waals surface area contributed by atoms with E-state index in [9.17, 15) is 9.59 Å². The monoisotopic (exact) mass is 500 g/mol. The molecule has 0 unspecified atom stereocenters. The Hall–Kier alpha value is -3.78. The predicted molar refractivity (Wildman–Crippen MR) is 155 cm³/mol. The summed E-state index contributed by atoms with van der Waals surface area (Å²) in [5, 5.41) is 0. The van der Waals surface area contributed by atoms with Gasteiger partial charge in [0.15, 0.2) is 11.6 Å². The van der Waals surface area contributed by atoms with Gasteiger partial charge in [-0.2, -0.15) is 0 Å². The van der Waals surface area contributed by atoms with Gasteiger partial charge in [-0.1, -0.05) is 72.8 Å². The second kappa shape index (κ2) is 11.7. The first-order valence-electron chi connectivity index (χ1n) is 13.9. The Morgan fingerprint density at radius 3 is 1.08 bits per heavy atom. The van der Waals surface area contributed by atoms with Crippen LogP contribution in [-0.4, -0.2) is 11.6 Å². The summed E-state index contributed by atoms with van der Waals surface area (Å²) in [6, 6.07) is 30.3. The molecule has 8 rings (SSSR count). The van der Waals surface area contributed by atoms with Crippen molar-refractivity contribution in [1.29, 1.82) is 0 Å². The summed E-state index contributed by atoms with van der Waals surface area (Å²) >= 11 is 0. The summed E-state index contributed by atoms with van der Waals surface area (Å²) in [4.78, 5) is 25.2. The summed E-state index contributed by atoms with van der Waals surface area (Å²) < 4.78 is 0. The normalized spacial score (nSPS) is 13.9. The number of aryl methyl sites for hydroxylation is 8. The van der Waals surface area contributed by atoms with Gasteiger partial charge >= 0.3 is 0 Å². The Bertz CT molecular complexity index is 1360. The fraction of sp³-hybridized carbons (Fsp3) is 0.278. The molecule has 2 nitrogen and oxygen atoms in total. The molecule has 192 valence electrons. The summed E-state index contributed by atoms with van der Waals surface area (Å²) in [5.41, 5.74) is 11.7. The first kappa shape index (κ1) is 25.9. The molecule has 4 aromatic rings. The lowest BCUT2D eigenvalue weighted by atomic mass is 9.89. The lowest BCUT2D eigenvalue weighted by Gasteiger charge is -2.15. The van der Waals surface area contributed by atoms with Gasteiger partial charge in [-0.3, -0.25) is 9.59 Å². The molecule has 0 N–H and O–H groups in total. The van der Waals surface area contributed by atoms with Gasteiger partial charge in [0.2, 0.25) is 0 Å². The first-order valence-corrected chi connectivity index (χ1v) is 13.9. The van der Waals surface area contributed by atoms with E-state index in [0.717, 1.165) is 73.6 Å². The van der Waals surface area contributed by atoms with Crippen LogP contribution in [-0.2, 0) is 51.4 Å². The second-order valence-corrected chi connectivity index (χ2v) is 10.6. The van der Waals surface area contributed by atoms with Crippen LogP contribution in [0.25, 0.3) is 0 Å². The minimum atomic E-state index is 0.141. The third-order valence-electron chi connectivity index (χ3n) is 8.04. The van der Waals surface area contributed by atoms with Gasteiger partial charge in [-0.15, -0.1) is 0 Å². The summed E-state index contributed by atoms with van der Waals surface area (Å²) in [6.07, 6.45) is 7.15. The van der Waals surface area contributed by atoms with Gasteiger partial charge in [0.25, 0.3) is 0 Å². The molecule has 0 fully saturated rings. The van der Waals surface area contributed by atoms with Crippen LogP contribution in [0.15, 0.2) is 84.9 Å². The van der Waals surface area contributed by atoms with Crippen molar-refractivity contribution >= 4 is 11.6 Å². The molecule has 4 aliphatic rings. The molecular formula is C36H36O2. The third-order valence-corrected chi connectivity index (χ3v) is 8.04. The minimum absolute atomic E-state index is 0.141. The highest BCUT2D eigenvalue weighted by molar-refractivity contribution is 5.96. The van der Waals surface area contributed by atoms with Crippen molar-refractivity contribution in [3.8, 4) is 0 Å². The molecule has 4 aromatic carbocycles. The van der Waals surface area contributed by atoms with E-state index in [1.165, 1.54) is 33.4 Å². The van der Waals surface area contributed by atoms with E-state index in [4.69, 9.17) is 0 Å². The number of ketones is 2. The molecule has 0 aliphatic heterocycles. The third kappa shape index (κ3) is 6.02. The zero-order valence-electron chi connectivity index (χ0n) is 22.6. The van der Waals surface area contributed by atoms with Crippen molar-refractivity contribution in [2.75, 3.05) is 0 Å². The molecule has 0 spiro atoms. The fourth-order valence-electron chi connectivity index (χ4n) is 5.84. The predicted octanol–water partition coefficient (Wildman–Crippen LogP) is 7.55. The molecule has 38 heavy (non-hydrogen) atoms. The van der Waals surface area contributed by atoms with Crippen LogP contribution in [0.4, 0.5) is 0 Å². The number of Topliss-reactive ketones (excluding diaryl/α,β-unsaturated/α-hetero) is 2. The maximum Gasteiger partial charge on any atom is 0.160 e. The Morgan fingerprint density at radius 2 is 0.737 bits per heavy atom. The molecule has 0 amide bonds. The number of hydrogen-bond acceptors (Lipinski definition) is 2. The molecule has 0 aromatic heterocycles. The Morgan fingerprint density at radius 1 is 0.421 bits per heavy atom. The average molecular weight is 501 g/mol. The van der Waals surface area contributed by atoms with Gasteiger partial charge in [-0.05, 0) is 122 Å². The Balaban J connectivity index is 1.53. The molecule has 4 bridgehead atoms. The average Bonchev–Trinajstić information content (AvgIpc) is 2.93. The van der Waals surface area contributed by atoms with E-state index in [-0.39, 0.29) is 11.6 Å². The van der Waals surface area contributed by atoms with E-state index >= 15 is 0 Å². The maximum atomic E-state index is 12.6. The smallest absolute Gasteiger partial charge is 0.160 e. The Labute approximate surface area is 226 Å². The quantitative estimate of drug-likeness (QED) is 0.266. The molecule has 0 atom stereocenters. The van der Waals surface area contributed by atoms with Crippen LogP contribution in [0.2, 0.25) is 0 Å². The van der Waals surface area contributed by atoms with Gasteiger partial charge in [0, 0.05) is 11.1 Å². The number of hydrogen-bond donors (Lipinski definition) is 0. The number of carbonyl (C=O) groups is 2. The minimum Gasteiger partial charge on any atom is -0.295 e. The van der Waals surface area contributed by atoms with Gasteiger partial charge in [0.1, 0.15) is 0 Å². The number of rotatable bonds is 2. The van der Waals surface area contributed by atoms with Crippen molar-refractivity contribution in [2.24, 2.45) is 0 Å². The molecule has 0 heterocycles. The SMILES string of the molecule is CC(=O)c1cc2ccc1CCc1ccccc1CCc1ccc(c(C(C)=O)c1)CCc1ccccc1CC2. The summed E-state index contributed by atoms with van der Waals surface area (Å²) in [7, 11) is 0. The highest BCUT2D eigenvalue weighted by Crippen LogP contribution is 2.23. The van der Waals surface area contributed by atoms with Crippen molar-refractivity contribution in [3.05, 3.63) is 141 Å². The largest absolute Gasteiger partial charge is 0.295 e. The van der Waals surface area contributed by atoms with E-state index in [0.29, 0.717) is 0 Å². The fourth-order valence-corrected chi connectivity index (χ4v) is 5.84. The zero-order valence-corrected chi connectivity index (χ0v) is 22.6. The van der Waals surface area contributed by atoms with Crippen molar-refractivity contribution < 1.29 is 9.59 Å². The van der Waals surface area contributed by atoms with Crippen LogP contribution in [0.5, 0.6) is 0 Å². The number of benzene rings is 4. The molecule has 0 radical (unpaired) electrons. The van der Waals surface area contributed by atoms with Crippen LogP contribution >= 0.6 is 0 Å². The highest BCUT2D eigenvalue weighted by atomic mass is 16.1. The molecule has 0 saturated carbocycles. The van der Waals surface area contributed by atoms with Gasteiger partial charge in [-0.25, -0.2) is 0 Å². The van der Waals surface area contributed by atoms with Gasteiger partial charge in [0.05, 0.1) is 0 Å². The zero-order chi connectivity index (χ0) is 26.5. The number of carbonyl (C=O) groups excluding carboxylic acids is 2. The van der Waals surface area contributed by atoms with Gasteiger partial charge < -0.3 is 0 Å². The second-order valence-electron chi connectivity index (χ2n) is 10.6. The standard InChI is InChI=1S/C36H36O2/c1-25(37)35-23-27-11-15-29-7-4-6-10-32(29)20-22-34-18-14-28(24-36(34)26(2)38)12-16-30-8-3-5-9-31(30)19-21-33(35)17-13-27/h3-10,13-14,17-18,23-24H,11-12,15-16,19-22H2,1-2H3. The molecular weight excluding hydrogens is 464 g/mol.